The third kappa shape index (κ3) is 2.31. The lowest BCUT2D eigenvalue weighted by atomic mass is 9.96. The van der Waals surface area contributed by atoms with Crippen LogP contribution >= 0.6 is 0 Å². The van der Waals surface area contributed by atoms with E-state index in [2.05, 4.69) is 91.6 Å². The molecule has 1 aromatic rings. The maximum atomic E-state index is 2.53. The highest BCUT2D eigenvalue weighted by molar-refractivity contribution is 5.67. The van der Waals surface area contributed by atoms with Crippen molar-refractivity contribution in [3.05, 3.63) is 89.6 Å². The van der Waals surface area contributed by atoms with Crippen molar-refractivity contribution in [3.63, 3.8) is 0 Å². The Balaban J connectivity index is 1.72. The second kappa shape index (κ2) is 5.73. The number of benzene rings is 1. The fraction of sp³-hybridized carbons (Fsp3) is 0.273. The molecule has 0 aromatic heterocycles. The highest BCUT2D eigenvalue weighted by atomic mass is 15.2. The van der Waals surface area contributed by atoms with Gasteiger partial charge in [-0.1, -0.05) is 74.6 Å². The van der Waals surface area contributed by atoms with E-state index >= 15 is 0 Å². The number of anilines is 1. The minimum Gasteiger partial charge on any atom is -0.350 e. The zero-order chi connectivity index (χ0) is 15.8. The number of rotatable bonds is 3. The molecule has 23 heavy (non-hydrogen) atoms. The first kappa shape index (κ1) is 14.3. The average Bonchev–Trinajstić information content (AvgIpc) is 2.96. The summed E-state index contributed by atoms with van der Waals surface area (Å²) < 4.78 is 0. The lowest BCUT2D eigenvalue weighted by Crippen LogP contribution is -2.37. The van der Waals surface area contributed by atoms with Crippen LogP contribution in [0.2, 0.25) is 0 Å². The molecule has 0 saturated carbocycles. The van der Waals surface area contributed by atoms with Gasteiger partial charge in [0.05, 0.1) is 12.1 Å². The third-order valence-corrected chi connectivity index (χ3v) is 5.30. The molecule has 116 valence electrons. The summed E-state index contributed by atoms with van der Waals surface area (Å²) in [6.45, 7) is 4.55. The molecule has 1 aliphatic heterocycles. The largest absolute Gasteiger partial charge is 0.350 e. The van der Waals surface area contributed by atoms with Gasteiger partial charge in [0.25, 0.3) is 0 Å². The van der Waals surface area contributed by atoms with Crippen molar-refractivity contribution in [2.75, 3.05) is 4.90 Å². The first-order chi connectivity index (χ1) is 11.3. The van der Waals surface area contributed by atoms with E-state index in [1.807, 2.05) is 0 Å². The van der Waals surface area contributed by atoms with E-state index in [0.717, 1.165) is 0 Å². The van der Waals surface area contributed by atoms with E-state index in [4.69, 9.17) is 0 Å². The van der Waals surface area contributed by atoms with E-state index < -0.39 is 0 Å². The van der Waals surface area contributed by atoms with Crippen molar-refractivity contribution >= 4 is 5.69 Å². The second-order valence-corrected chi connectivity index (χ2v) is 6.60. The average molecular weight is 301 g/mol. The Hall–Kier alpha value is -2.28. The van der Waals surface area contributed by atoms with Gasteiger partial charge in [0.1, 0.15) is 0 Å². The zero-order valence-electron chi connectivity index (χ0n) is 13.8. The summed E-state index contributed by atoms with van der Waals surface area (Å²) in [5.74, 6) is 0.627. The summed E-state index contributed by atoms with van der Waals surface area (Å²) >= 11 is 0. The first-order valence-electron chi connectivity index (χ1n) is 8.61. The van der Waals surface area contributed by atoms with Crippen LogP contribution in [-0.4, -0.2) is 12.1 Å². The molecule has 0 bridgehead atoms. The molecule has 1 heteroatoms. The van der Waals surface area contributed by atoms with Crippen LogP contribution in [0.25, 0.3) is 0 Å². The van der Waals surface area contributed by atoms with Crippen LogP contribution in [0.3, 0.4) is 0 Å². The smallest absolute Gasteiger partial charge is 0.0742 e. The molecule has 2 aliphatic carbocycles. The molecule has 3 atom stereocenters. The fourth-order valence-corrected chi connectivity index (χ4v) is 3.79. The normalized spacial score (nSPS) is 25.7. The van der Waals surface area contributed by atoms with Crippen molar-refractivity contribution in [2.24, 2.45) is 0 Å². The predicted octanol–water partition coefficient (Wildman–Crippen LogP) is 5.31. The van der Waals surface area contributed by atoms with Crippen LogP contribution in [0, 0.1) is 0 Å². The monoisotopic (exact) mass is 301 g/mol. The number of allylic oxidation sites excluding steroid dienone is 4. The summed E-state index contributed by atoms with van der Waals surface area (Å²) in [5.41, 5.74) is 5.61. The lowest BCUT2D eigenvalue weighted by molar-refractivity contribution is 0.732. The van der Waals surface area contributed by atoms with Crippen molar-refractivity contribution in [1.82, 2.24) is 0 Å². The Morgan fingerprint density at radius 2 is 1.43 bits per heavy atom. The van der Waals surface area contributed by atoms with Crippen LogP contribution in [0.15, 0.2) is 84.0 Å². The Morgan fingerprint density at radius 1 is 0.870 bits per heavy atom. The predicted molar refractivity (Wildman–Crippen MR) is 98.8 cm³/mol. The molecular formula is C22H23N. The van der Waals surface area contributed by atoms with Gasteiger partial charge in [-0.05, 0) is 41.2 Å². The number of hydrogen-bond acceptors (Lipinski definition) is 1. The maximum Gasteiger partial charge on any atom is 0.0742 e. The van der Waals surface area contributed by atoms with Gasteiger partial charge in [-0.2, -0.15) is 0 Å². The lowest BCUT2D eigenvalue weighted by Gasteiger charge is -2.32. The molecule has 1 nitrogen and oxygen atoms in total. The first-order valence-corrected chi connectivity index (χ1v) is 8.61. The number of fused-ring (bicyclic) bond motifs is 2. The SMILES string of the molecule is CCC(C)c1ccc(N2C3C=CC=CC3=C3C=CC=CC32)cc1. The summed E-state index contributed by atoms with van der Waals surface area (Å²) in [5, 5.41) is 0. The summed E-state index contributed by atoms with van der Waals surface area (Å²) in [7, 11) is 0. The van der Waals surface area contributed by atoms with Crippen LogP contribution < -0.4 is 4.90 Å². The van der Waals surface area contributed by atoms with Gasteiger partial charge in [0.15, 0.2) is 0 Å². The fourth-order valence-electron chi connectivity index (χ4n) is 3.79. The molecule has 0 saturated heterocycles. The van der Waals surface area contributed by atoms with Gasteiger partial charge in [0, 0.05) is 5.69 Å². The van der Waals surface area contributed by atoms with Crippen molar-refractivity contribution in [3.8, 4) is 0 Å². The standard InChI is InChI=1S/C22H23N/c1-3-16(2)17-12-14-18(15-13-17)23-21-10-6-4-8-19(21)20-9-5-7-11-22(20)23/h4-16,21-22H,3H2,1-2H3. The molecule has 1 heterocycles. The van der Waals surface area contributed by atoms with Crippen LogP contribution in [-0.2, 0) is 0 Å². The summed E-state index contributed by atoms with van der Waals surface area (Å²) in [6, 6.07) is 9.88. The van der Waals surface area contributed by atoms with Gasteiger partial charge in [-0.3, -0.25) is 0 Å². The quantitative estimate of drug-likeness (QED) is 0.731. The Kier molecular flexibility index (Phi) is 3.57. The van der Waals surface area contributed by atoms with Crippen LogP contribution in [0.5, 0.6) is 0 Å². The van der Waals surface area contributed by atoms with Crippen molar-refractivity contribution in [2.45, 2.75) is 38.3 Å². The maximum absolute atomic E-state index is 2.53. The zero-order valence-corrected chi connectivity index (χ0v) is 13.8. The molecule has 0 radical (unpaired) electrons. The Morgan fingerprint density at radius 3 is 1.96 bits per heavy atom. The van der Waals surface area contributed by atoms with Gasteiger partial charge >= 0.3 is 0 Å². The van der Waals surface area contributed by atoms with Crippen LogP contribution in [0.1, 0.15) is 31.7 Å². The number of hydrogen-bond donors (Lipinski definition) is 0. The van der Waals surface area contributed by atoms with Crippen molar-refractivity contribution in [1.29, 1.82) is 0 Å². The highest BCUT2D eigenvalue weighted by Crippen LogP contribution is 2.40. The topological polar surface area (TPSA) is 3.24 Å². The highest BCUT2D eigenvalue weighted by Gasteiger charge is 2.37. The molecule has 4 rings (SSSR count). The molecule has 0 N–H and O–H groups in total. The van der Waals surface area contributed by atoms with Gasteiger partial charge in [-0.25, -0.2) is 0 Å². The van der Waals surface area contributed by atoms with E-state index in [-0.39, 0.29) is 0 Å². The molecular weight excluding hydrogens is 278 g/mol. The molecule has 0 spiro atoms. The van der Waals surface area contributed by atoms with E-state index in [0.29, 0.717) is 18.0 Å². The third-order valence-electron chi connectivity index (χ3n) is 5.30. The van der Waals surface area contributed by atoms with E-state index in [1.54, 1.807) is 0 Å². The Labute approximate surface area is 139 Å². The molecule has 0 amide bonds. The summed E-state index contributed by atoms with van der Waals surface area (Å²) in [4.78, 5) is 2.53. The minimum absolute atomic E-state index is 0.349. The van der Waals surface area contributed by atoms with Gasteiger partial charge < -0.3 is 4.90 Å². The van der Waals surface area contributed by atoms with Gasteiger partial charge in [-0.15, -0.1) is 0 Å². The minimum atomic E-state index is 0.349. The van der Waals surface area contributed by atoms with Crippen molar-refractivity contribution < 1.29 is 0 Å². The number of nitrogens with zero attached hydrogens (tertiary/aromatic N) is 1. The molecule has 3 unspecified atom stereocenters. The van der Waals surface area contributed by atoms with E-state index in [1.165, 1.54) is 28.8 Å². The van der Waals surface area contributed by atoms with Crippen LogP contribution in [0.4, 0.5) is 5.69 Å². The second-order valence-electron chi connectivity index (χ2n) is 6.60. The van der Waals surface area contributed by atoms with Gasteiger partial charge in [0.2, 0.25) is 0 Å². The van der Waals surface area contributed by atoms with E-state index in [9.17, 15) is 0 Å². The summed E-state index contributed by atoms with van der Waals surface area (Å²) in [6.07, 6.45) is 19.0. The molecule has 1 aromatic carbocycles. The Bertz CT molecular complexity index is 705. The molecule has 3 aliphatic rings. The molecule has 0 fully saturated rings.